The summed E-state index contributed by atoms with van der Waals surface area (Å²) in [5.41, 5.74) is 11.7. The minimum Gasteiger partial charge on any atom is -0.383 e. The van der Waals surface area contributed by atoms with Crippen molar-refractivity contribution in [3.8, 4) is 11.1 Å². The third kappa shape index (κ3) is 2.19. The van der Waals surface area contributed by atoms with Gasteiger partial charge in [0.15, 0.2) is 0 Å². The van der Waals surface area contributed by atoms with Crippen molar-refractivity contribution in [2.45, 2.75) is 25.4 Å². The van der Waals surface area contributed by atoms with Gasteiger partial charge >= 0.3 is 0 Å². The van der Waals surface area contributed by atoms with Gasteiger partial charge in [0.1, 0.15) is 17.8 Å². The molecule has 1 unspecified atom stereocenters. The first-order valence-corrected chi connectivity index (χ1v) is 8.90. The van der Waals surface area contributed by atoms with E-state index in [2.05, 4.69) is 37.0 Å². The highest BCUT2D eigenvalue weighted by Gasteiger charge is 2.27. The summed E-state index contributed by atoms with van der Waals surface area (Å²) in [5.74, 6) is 0.529. The van der Waals surface area contributed by atoms with Crippen LogP contribution in [0.4, 0.5) is 5.82 Å². The molecule has 3 aromatic heterocycles. The molecule has 1 aliphatic heterocycles. The minimum absolute atomic E-state index is 0.442. The smallest absolute Gasteiger partial charge is 0.146 e. The van der Waals surface area contributed by atoms with Crippen LogP contribution in [0.5, 0.6) is 0 Å². The van der Waals surface area contributed by atoms with Crippen molar-refractivity contribution < 1.29 is 0 Å². The van der Waals surface area contributed by atoms with Crippen LogP contribution in [0.1, 0.15) is 12.1 Å². The Hall–Kier alpha value is -2.99. The molecule has 0 spiro atoms. The number of benzene rings is 1. The zero-order chi connectivity index (χ0) is 17.7. The number of nitrogen functional groups attached to an aromatic ring is 1. The van der Waals surface area contributed by atoms with Crippen molar-refractivity contribution in [2.75, 3.05) is 12.8 Å². The van der Waals surface area contributed by atoms with Crippen LogP contribution in [0, 0.1) is 0 Å². The van der Waals surface area contributed by atoms with Crippen molar-refractivity contribution in [1.82, 2.24) is 24.8 Å². The summed E-state index contributed by atoms with van der Waals surface area (Å²) >= 11 is 0. The number of aromatic nitrogens is 4. The largest absolute Gasteiger partial charge is 0.383 e. The lowest BCUT2D eigenvalue weighted by Crippen LogP contribution is -2.34. The summed E-state index contributed by atoms with van der Waals surface area (Å²) in [6.45, 7) is 0.889. The summed E-state index contributed by atoms with van der Waals surface area (Å²) in [6.07, 6.45) is 5.56. The van der Waals surface area contributed by atoms with Crippen molar-refractivity contribution in [3.63, 3.8) is 0 Å². The number of hydrogen-bond donors (Lipinski definition) is 2. The van der Waals surface area contributed by atoms with Gasteiger partial charge in [0, 0.05) is 41.0 Å². The normalized spacial score (nSPS) is 16.9. The predicted molar refractivity (Wildman–Crippen MR) is 104 cm³/mol. The number of para-hydroxylation sites is 1. The molecule has 4 aromatic rings. The predicted octanol–water partition coefficient (Wildman–Crippen LogP) is 2.76. The van der Waals surface area contributed by atoms with E-state index in [1.807, 2.05) is 31.4 Å². The molecule has 6 heteroatoms. The van der Waals surface area contributed by atoms with E-state index < -0.39 is 0 Å². The third-order valence-corrected chi connectivity index (χ3v) is 5.40. The molecule has 0 saturated carbocycles. The van der Waals surface area contributed by atoms with Crippen molar-refractivity contribution in [3.05, 3.63) is 48.5 Å². The number of likely N-dealkylation sites (N-methyl/N-ethyl adjacent to an activating group) is 1. The topological polar surface area (TPSA) is 81.7 Å². The van der Waals surface area contributed by atoms with Gasteiger partial charge in [-0.25, -0.2) is 9.97 Å². The Bertz CT molecular complexity index is 1130. The highest BCUT2D eigenvalue weighted by molar-refractivity contribution is 6.03. The van der Waals surface area contributed by atoms with Crippen LogP contribution < -0.4 is 11.1 Å². The van der Waals surface area contributed by atoms with E-state index in [1.165, 1.54) is 5.69 Å². The van der Waals surface area contributed by atoms with Gasteiger partial charge in [-0.05, 0) is 32.0 Å². The minimum atomic E-state index is 0.442. The Morgan fingerprint density at radius 1 is 1.19 bits per heavy atom. The van der Waals surface area contributed by atoms with Crippen LogP contribution in [-0.4, -0.2) is 32.6 Å². The van der Waals surface area contributed by atoms with E-state index in [9.17, 15) is 0 Å². The summed E-state index contributed by atoms with van der Waals surface area (Å²) in [5, 5.41) is 5.45. The molecule has 1 aromatic carbocycles. The molecular weight excluding hydrogens is 324 g/mol. The Labute approximate surface area is 151 Å². The van der Waals surface area contributed by atoms with Gasteiger partial charge in [-0.3, -0.25) is 4.98 Å². The lowest BCUT2D eigenvalue weighted by molar-refractivity contribution is 0.414. The molecule has 0 saturated heterocycles. The van der Waals surface area contributed by atoms with Crippen LogP contribution in [0.3, 0.4) is 0 Å². The van der Waals surface area contributed by atoms with Gasteiger partial charge in [-0.15, -0.1) is 0 Å². The van der Waals surface area contributed by atoms with Crippen LogP contribution in [0.2, 0.25) is 0 Å². The van der Waals surface area contributed by atoms with Crippen LogP contribution >= 0.6 is 0 Å². The number of nitrogens with one attached hydrogen (secondary N) is 1. The zero-order valence-electron chi connectivity index (χ0n) is 14.6. The van der Waals surface area contributed by atoms with Gasteiger partial charge in [-0.1, -0.05) is 18.2 Å². The van der Waals surface area contributed by atoms with E-state index in [4.69, 9.17) is 5.73 Å². The van der Waals surface area contributed by atoms with Crippen LogP contribution in [0.25, 0.3) is 33.1 Å². The second-order valence-corrected chi connectivity index (χ2v) is 6.83. The number of nitrogens with two attached hydrogens (primary N) is 1. The number of pyridine rings is 1. The molecular formula is C20H20N6. The van der Waals surface area contributed by atoms with Crippen molar-refractivity contribution >= 4 is 27.8 Å². The maximum absolute atomic E-state index is 6.29. The average Bonchev–Trinajstić information content (AvgIpc) is 3.02. The Balaban J connectivity index is 1.81. The number of anilines is 1. The molecule has 0 amide bonds. The molecule has 0 aliphatic carbocycles. The number of fused-ring (bicyclic) bond motifs is 4. The second kappa shape index (κ2) is 5.78. The Morgan fingerprint density at radius 3 is 2.96 bits per heavy atom. The second-order valence-electron chi connectivity index (χ2n) is 6.83. The summed E-state index contributed by atoms with van der Waals surface area (Å²) in [7, 11) is 2.01. The molecule has 1 atom stereocenters. The quantitative estimate of drug-likeness (QED) is 0.584. The number of rotatable bonds is 2. The Kier molecular flexibility index (Phi) is 3.39. The van der Waals surface area contributed by atoms with E-state index in [1.54, 1.807) is 6.33 Å². The Morgan fingerprint density at radius 2 is 2.08 bits per heavy atom. The number of hydrogen-bond acceptors (Lipinski definition) is 5. The van der Waals surface area contributed by atoms with Crippen molar-refractivity contribution in [2.24, 2.45) is 0 Å². The van der Waals surface area contributed by atoms with Crippen LogP contribution in [0.15, 0.2) is 42.9 Å². The molecule has 0 radical (unpaired) electrons. The first kappa shape index (κ1) is 15.3. The first-order valence-electron chi connectivity index (χ1n) is 8.90. The zero-order valence-corrected chi connectivity index (χ0v) is 14.6. The average molecular weight is 344 g/mol. The molecule has 0 bridgehead atoms. The van der Waals surface area contributed by atoms with Crippen molar-refractivity contribution in [1.29, 1.82) is 0 Å². The molecule has 1 aliphatic rings. The van der Waals surface area contributed by atoms with Gasteiger partial charge in [-0.2, -0.15) is 0 Å². The van der Waals surface area contributed by atoms with E-state index in [0.717, 1.165) is 52.4 Å². The third-order valence-electron chi connectivity index (χ3n) is 5.40. The van der Waals surface area contributed by atoms with E-state index in [-0.39, 0.29) is 0 Å². The molecule has 3 N–H and O–H groups in total. The van der Waals surface area contributed by atoms with Gasteiger partial charge in [0.2, 0.25) is 0 Å². The lowest BCUT2D eigenvalue weighted by Gasteiger charge is -2.25. The van der Waals surface area contributed by atoms with Gasteiger partial charge in [0.05, 0.1) is 10.9 Å². The monoisotopic (exact) mass is 344 g/mol. The van der Waals surface area contributed by atoms with Crippen LogP contribution in [-0.2, 0) is 13.0 Å². The molecule has 26 heavy (non-hydrogen) atoms. The first-order chi connectivity index (χ1) is 12.8. The van der Waals surface area contributed by atoms with E-state index in [0.29, 0.717) is 11.9 Å². The molecule has 0 fully saturated rings. The maximum atomic E-state index is 6.29. The van der Waals surface area contributed by atoms with Gasteiger partial charge < -0.3 is 15.6 Å². The number of nitrogens with zero attached hydrogens (tertiary/aromatic N) is 4. The fourth-order valence-corrected chi connectivity index (χ4v) is 4.07. The standard InChI is InChI=1S/C20H20N6/c1-22-14-6-7-16-17(13-8-12-4-2-3-5-15(12)23-9-13)18-19(21)24-11-25-20(18)26(16)10-14/h2-5,8-9,11,14,22H,6-7,10H2,1H3,(H2,21,24,25). The SMILES string of the molecule is CNC1CCc2c(-c3cnc4ccccc4c3)c3c(N)ncnc3n2C1. The maximum Gasteiger partial charge on any atom is 0.146 e. The molecule has 5 rings (SSSR count). The highest BCUT2D eigenvalue weighted by atomic mass is 15.1. The fourth-order valence-electron chi connectivity index (χ4n) is 4.07. The molecule has 130 valence electrons. The highest BCUT2D eigenvalue weighted by Crippen LogP contribution is 2.39. The summed E-state index contributed by atoms with van der Waals surface area (Å²) < 4.78 is 2.29. The summed E-state index contributed by atoms with van der Waals surface area (Å²) in [6, 6.07) is 10.8. The van der Waals surface area contributed by atoms with E-state index >= 15 is 0 Å². The molecule has 4 heterocycles. The lowest BCUT2D eigenvalue weighted by atomic mass is 9.97. The summed E-state index contributed by atoms with van der Waals surface area (Å²) in [4.78, 5) is 13.5. The fraction of sp³-hybridized carbons (Fsp3) is 0.250. The molecule has 6 nitrogen and oxygen atoms in total. The van der Waals surface area contributed by atoms with Gasteiger partial charge in [0.25, 0.3) is 0 Å².